The zero-order valence-corrected chi connectivity index (χ0v) is 19.6. The summed E-state index contributed by atoms with van der Waals surface area (Å²) in [6, 6.07) is 32.9. The van der Waals surface area contributed by atoms with Gasteiger partial charge in [-0.25, -0.2) is 5.01 Å². The van der Waals surface area contributed by atoms with Crippen LogP contribution in [-0.2, 0) is 0 Å². The van der Waals surface area contributed by atoms with Crippen LogP contribution in [0.25, 0.3) is 0 Å². The van der Waals surface area contributed by atoms with Crippen LogP contribution < -0.4 is 5.01 Å². The summed E-state index contributed by atoms with van der Waals surface area (Å²) in [5.74, 6) is -0.989. The summed E-state index contributed by atoms with van der Waals surface area (Å²) in [5, 5.41) is 6.75. The largest absolute Gasteiger partial charge is 0.291 e. The quantitative estimate of drug-likeness (QED) is 0.349. The fraction of sp³-hybridized carbons (Fsp3) is 0.129. The number of aryl methyl sites for hydroxylation is 2. The lowest BCUT2D eigenvalue weighted by Gasteiger charge is -2.36. The van der Waals surface area contributed by atoms with E-state index in [1.54, 1.807) is 17.1 Å². The molecule has 1 aliphatic carbocycles. The second kappa shape index (κ2) is 7.88. The van der Waals surface area contributed by atoms with E-state index in [2.05, 4.69) is 0 Å². The number of Topliss-reactive ketones (excluding diaryl/α,β-unsaturated/α-hetero) is 2. The standard InChI is InChI=1S/C31H24N2O2/c1-20-12-16-22(17-13-20)27-28(23-8-4-3-5-9-23)32-33(24-18-14-21(2)15-19-24)31(27)29(34)25-10-6-7-11-26(25)30(31)35/h3-19,27H,1-2H3. The Hall–Kier alpha value is -4.31. The Morgan fingerprint density at radius 2 is 1.17 bits per heavy atom. The SMILES string of the molecule is Cc1ccc(C2C(c3ccccc3)=NN(c3ccc(C)cc3)C23C(=O)c2ccccc2C3=O)cc1. The number of ketones is 2. The molecule has 0 N–H and O–H groups in total. The van der Waals surface area contributed by atoms with E-state index in [-0.39, 0.29) is 11.6 Å². The first-order valence-electron chi connectivity index (χ1n) is 11.8. The number of rotatable bonds is 3. The second-order valence-corrected chi connectivity index (χ2v) is 9.31. The fourth-order valence-electron chi connectivity index (χ4n) is 5.35. The molecular weight excluding hydrogens is 432 g/mol. The van der Waals surface area contributed by atoms with E-state index in [0.29, 0.717) is 22.5 Å². The summed E-state index contributed by atoms with van der Waals surface area (Å²) in [6.07, 6.45) is 0. The van der Waals surface area contributed by atoms with Crippen LogP contribution in [-0.4, -0.2) is 22.8 Å². The van der Waals surface area contributed by atoms with Crippen LogP contribution in [0.15, 0.2) is 108 Å². The van der Waals surface area contributed by atoms with E-state index < -0.39 is 11.5 Å². The highest BCUT2D eigenvalue weighted by Crippen LogP contribution is 2.51. The van der Waals surface area contributed by atoms with Crippen molar-refractivity contribution in [1.82, 2.24) is 0 Å². The number of hydrazone groups is 1. The lowest BCUT2D eigenvalue weighted by Crippen LogP contribution is -2.57. The second-order valence-electron chi connectivity index (χ2n) is 9.31. The molecule has 6 rings (SSSR count). The Kier molecular flexibility index (Phi) is 4.78. The minimum atomic E-state index is -1.53. The summed E-state index contributed by atoms with van der Waals surface area (Å²) < 4.78 is 0. The van der Waals surface area contributed by atoms with Gasteiger partial charge in [0.25, 0.3) is 0 Å². The summed E-state index contributed by atoms with van der Waals surface area (Å²) in [4.78, 5) is 28.7. The van der Waals surface area contributed by atoms with Crippen LogP contribution in [0.3, 0.4) is 0 Å². The highest BCUT2D eigenvalue weighted by atomic mass is 16.2. The molecular formula is C31H24N2O2. The normalized spacial score (nSPS) is 18.2. The smallest absolute Gasteiger partial charge is 0.201 e. The molecule has 1 atom stereocenters. The minimum Gasteiger partial charge on any atom is -0.291 e. The Morgan fingerprint density at radius 1 is 0.657 bits per heavy atom. The zero-order chi connectivity index (χ0) is 24.2. The van der Waals surface area contributed by atoms with Crippen molar-refractivity contribution in [3.05, 3.63) is 137 Å². The number of hydrogen-bond acceptors (Lipinski definition) is 4. The number of anilines is 1. The number of carbonyl (C=O) groups excluding carboxylic acids is 2. The molecule has 35 heavy (non-hydrogen) atoms. The van der Waals surface area contributed by atoms with Gasteiger partial charge in [0.15, 0.2) is 11.6 Å². The summed E-state index contributed by atoms with van der Waals surface area (Å²) in [5.41, 5.74) is 4.80. The van der Waals surface area contributed by atoms with E-state index in [1.807, 2.05) is 105 Å². The van der Waals surface area contributed by atoms with Gasteiger partial charge in [-0.3, -0.25) is 9.59 Å². The van der Waals surface area contributed by atoms with Crippen LogP contribution in [0.5, 0.6) is 0 Å². The molecule has 4 aromatic carbocycles. The van der Waals surface area contributed by atoms with E-state index in [0.717, 1.165) is 22.3 Å². The maximum Gasteiger partial charge on any atom is 0.201 e. The molecule has 4 nitrogen and oxygen atoms in total. The molecule has 4 aromatic rings. The topological polar surface area (TPSA) is 49.7 Å². The van der Waals surface area contributed by atoms with E-state index in [4.69, 9.17) is 5.10 Å². The predicted molar refractivity (Wildman–Crippen MR) is 138 cm³/mol. The molecule has 0 fully saturated rings. The van der Waals surface area contributed by atoms with Crippen molar-refractivity contribution < 1.29 is 9.59 Å². The predicted octanol–water partition coefficient (Wildman–Crippen LogP) is 6.13. The van der Waals surface area contributed by atoms with Gasteiger partial charge in [-0.15, -0.1) is 0 Å². The molecule has 0 amide bonds. The molecule has 1 spiro atoms. The van der Waals surface area contributed by atoms with Gasteiger partial charge < -0.3 is 0 Å². The fourth-order valence-corrected chi connectivity index (χ4v) is 5.35. The monoisotopic (exact) mass is 456 g/mol. The molecule has 0 radical (unpaired) electrons. The third-order valence-electron chi connectivity index (χ3n) is 7.10. The molecule has 1 aliphatic heterocycles. The molecule has 2 aliphatic rings. The van der Waals surface area contributed by atoms with Crippen molar-refractivity contribution in [3.8, 4) is 0 Å². The van der Waals surface area contributed by atoms with Gasteiger partial charge in [-0.2, -0.15) is 5.10 Å². The zero-order valence-electron chi connectivity index (χ0n) is 19.6. The van der Waals surface area contributed by atoms with Crippen LogP contribution in [0.1, 0.15) is 48.9 Å². The molecule has 0 saturated carbocycles. The Bertz CT molecular complexity index is 1450. The van der Waals surface area contributed by atoms with Crippen molar-refractivity contribution in [2.24, 2.45) is 5.10 Å². The maximum absolute atomic E-state index is 14.4. The first-order valence-corrected chi connectivity index (χ1v) is 11.8. The molecule has 1 unspecified atom stereocenters. The summed E-state index contributed by atoms with van der Waals surface area (Å²) in [7, 11) is 0. The van der Waals surface area contributed by atoms with Crippen molar-refractivity contribution in [3.63, 3.8) is 0 Å². The first kappa shape index (κ1) is 21.2. The van der Waals surface area contributed by atoms with Crippen molar-refractivity contribution in [2.45, 2.75) is 25.3 Å². The molecule has 1 heterocycles. The lowest BCUT2D eigenvalue weighted by molar-refractivity contribution is 0.0791. The molecule has 4 heteroatoms. The molecule has 0 bridgehead atoms. The number of nitrogens with zero attached hydrogens (tertiary/aromatic N) is 2. The molecule has 0 aromatic heterocycles. The van der Waals surface area contributed by atoms with E-state index in [1.165, 1.54) is 0 Å². The van der Waals surface area contributed by atoms with Gasteiger partial charge in [0.1, 0.15) is 0 Å². The van der Waals surface area contributed by atoms with Crippen LogP contribution in [0.2, 0.25) is 0 Å². The average Bonchev–Trinajstić information content (AvgIpc) is 3.36. The third-order valence-corrected chi connectivity index (χ3v) is 7.10. The maximum atomic E-state index is 14.4. The van der Waals surface area contributed by atoms with Gasteiger partial charge in [-0.05, 0) is 37.1 Å². The average molecular weight is 457 g/mol. The lowest BCUT2D eigenvalue weighted by atomic mass is 9.72. The highest BCUT2D eigenvalue weighted by molar-refractivity contribution is 6.38. The van der Waals surface area contributed by atoms with Gasteiger partial charge in [0, 0.05) is 11.1 Å². The summed E-state index contributed by atoms with van der Waals surface area (Å²) in [6.45, 7) is 4.04. The van der Waals surface area contributed by atoms with Crippen molar-refractivity contribution in [1.29, 1.82) is 0 Å². The Labute approximate surface area is 204 Å². The van der Waals surface area contributed by atoms with E-state index in [9.17, 15) is 9.59 Å². The van der Waals surface area contributed by atoms with E-state index >= 15 is 0 Å². The van der Waals surface area contributed by atoms with Crippen LogP contribution >= 0.6 is 0 Å². The van der Waals surface area contributed by atoms with Crippen LogP contribution in [0, 0.1) is 13.8 Å². The minimum absolute atomic E-state index is 0.209. The Morgan fingerprint density at radius 3 is 1.74 bits per heavy atom. The van der Waals surface area contributed by atoms with Gasteiger partial charge in [0.05, 0.1) is 17.3 Å². The van der Waals surface area contributed by atoms with Gasteiger partial charge in [0.2, 0.25) is 5.54 Å². The van der Waals surface area contributed by atoms with Crippen LogP contribution in [0.4, 0.5) is 5.69 Å². The highest BCUT2D eigenvalue weighted by Gasteiger charge is 2.66. The van der Waals surface area contributed by atoms with Crippen molar-refractivity contribution in [2.75, 3.05) is 5.01 Å². The molecule has 0 saturated heterocycles. The third kappa shape index (κ3) is 3.03. The first-order chi connectivity index (χ1) is 17.0. The van der Waals surface area contributed by atoms with Crippen molar-refractivity contribution >= 4 is 23.0 Å². The summed E-state index contributed by atoms with van der Waals surface area (Å²) >= 11 is 0. The number of hydrogen-bond donors (Lipinski definition) is 0. The molecule has 170 valence electrons. The Balaban J connectivity index is 1.67. The number of benzene rings is 4. The number of fused-ring (bicyclic) bond motifs is 1. The van der Waals surface area contributed by atoms with Gasteiger partial charge in [-0.1, -0.05) is 102 Å². The number of carbonyl (C=O) groups is 2. The van der Waals surface area contributed by atoms with Gasteiger partial charge >= 0.3 is 0 Å².